The van der Waals surface area contributed by atoms with Gasteiger partial charge in [-0.3, -0.25) is 4.98 Å². The highest BCUT2D eigenvalue weighted by molar-refractivity contribution is 6.04. The Morgan fingerprint density at radius 2 is 2.18 bits per heavy atom. The third-order valence-corrected chi connectivity index (χ3v) is 3.46. The van der Waals surface area contributed by atoms with Crippen LogP contribution in [0.15, 0.2) is 24.4 Å². The lowest BCUT2D eigenvalue weighted by atomic mass is 10.1. The molecule has 0 aliphatic carbocycles. The van der Waals surface area contributed by atoms with E-state index in [0.717, 1.165) is 23.9 Å². The third kappa shape index (κ3) is 3.65. The number of pyridine rings is 1. The molecule has 0 radical (unpaired) electrons. The van der Waals surface area contributed by atoms with Crippen LogP contribution in [0, 0.1) is 0 Å². The van der Waals surface area contributed by atoms with Gasteiger partial charge in [-0.2, -0.15) is 0 Å². The van der Waals surface area contributed by atoms with Crippen molar-refractivity contribution >= 4 is 22.6 Å². The highest BCUT2D eigenvalue weighted by Crippen LogP contribution is 2.29. The fourth-order valence-electron chi connectivity index (χ4n) is 2.31. The first-order chi connectivity index (χ1) is 10.5. The van der Waals surface area contributed by atoms with Gasteiger partial charge in [0.1, 0.15) is 11.3 Å². The minimum Gasteiger partial charge on any atom is -0.497 e. The van der Waals surface area contributed by atoms with Crippen LogP contribution in [0.25, 0.3) is 10.9 Å². The Morgan fingerprint density at radius 1 is 1.41 bits per heavy atom. The van der Waals surface area contributed by atoms with Crippen molar-refractivity contribution in [3.63, 3.8) is 0 Å². The monoisotopic (exact) mass is 304 g/mol. The molecule has 2 aromatic rings. The number of anilines is 1. The number of fused-ring (bicyclic) bond motifs is 1. The van der Waals surface area contributed by atoms with E-state index in [1.54, 1.807) is 7.11 Å². The zero-order valence-corrected chi connectivity index (χ0v) is 13.1. The molecule has 0 fully saturated rings. The molecule has 0 saturated carbocycles. The van der Waals surface area contributed by atoms with E-state index >= 15 is 0 Å². The molecule has 22 heavy (non-hydrogen) atoms. The summed E-state index contributed by atoms with van der Waals surface area (Å²) < 4.78 is 5.23. The van der Waals surface area contributed by atoms with Crippen LogP contribution in [0.4, 0.5) is 5.69 Å². The number of benzene rings is 1. The number of carboxylic acid groups (broad SMARTS) is 1. The van der Waals surface area contributed by atoms with Crippen LogP contribution < -0.4 is 15.0 Å². The molecule has 0 saturated heterocycles. The van der Waals surface area contributed by atoms with E-state index in [1.165, 1.54) is 11.1 Å². The number of nitrogens with zero attached hydrogens (tertiary/aromatic N) is 1. The number of hydrogen-bond acceptors (Lipinski definition) is 4. The van der Waals surface area contributed by atoms with Gasteiger partial charge >= 0.3 is 5.97 Å². The average molecular weight is 304 g/mol. The van der Waals surface area contributed by atoms with Gasteiger partial charge in [-0.05, 0) is 18.2 Å². The molecule has 0 atom stereocenters. The second-order valence-electron chi connectivity index (χ2n) is 5.47. The number of aromatic nitrogens is 1. The number of methoxy groups -OCH3 is 1. The van der Waals surface area contributed by atoms with E-state index in [4.69, 9.17) is 4.74 Å². The van der Waals surface area contributed by atoms with Crippen LogP contribution in [0.5, 0.6) is 5.75 Å². The molecule has 3 N–H and O–H groups in total. The van der Waals surface area contributed by atoms with Crippen molar-refractivity contribution < 1.29 is 19.5 Å². The van der Waals surface area contributed by atoms with Gasteiger partial charge in [0.15, 0.2) is 0 Å². The van der Waals surface area contributed by atoms with E-state index in [9.17, 15) is 9.90 Å². The molecule has 1 aromatic heterocycles. The summed E-state index contributed by atoms with van der Waals surface area (Å²) in [6.45, 7) is 1.73. The predicted molar refractivity (Wildman–Crippen MR) is 86.0 cm³/mol. The molecule has 0 spiro atoms. The Labute approximate surface area is 129 Å². The summed E-state index contributed by atoms with van der Waals surface area (Å²) in [6, 6.07) is 5.46. The Bertz CT molecular complexity index is 671. The van der Waals surface area contributed by atoms with E-state index < -0.39 is 5.97 Å². The molecule has 0 aliphatic rings. The lowest BCUT2D eigenvalue weighted by Gasteiger charge is -2.14. The van der Waals surface area contributed by atoms with Crippen LogP contribution in [0.3, 0.4) is 0 Å². The van der Waals surface area contributed by atoms with E-state index in [0.29, 0.717) is 18.0 Å². The van der Waals surface area contributed by atoms with Crippen molar-refractivity contribution in [2.24, 2.45) is 0 Å². The number of rotatable bonds is 7. The summed E-state index contributed by atoms with van der Waals surface area (Å²) >= 11 is 0. The molecule has 6 nitrogen and oxygen atoms in total. The highest BCUT2D eigenvalue weighted by Gasteiger charge is 2.15. The Morgan fingerprint density at radius 3 is 2.82 bits per heavy atom. The van der Waals surface area contributed by atoms with E-state index in [1.807, 2.05) is 18.2 Å². The molecule has 0 amide bonds. The number of nitrogens with one attached hydrogen (secondary N) is 2. The SMILES string of the molecule is COc1ccc2ncc(C(=O)O)c(NCCC[NH+](C)C)c2c1. The van der Waals surface area contributed by atoms with Crippen molar-refractivity contribution in [1.29, 1.82) is 0 Å². The molecule has 6 heteroatoms. The molecular formula is C16H22N3O3+. The van der Waals surface area contributed by atoms with Gasteiger partial charge in [-0.15, -0.1) is 0 Å². The Kier molecular flexibility index (Phi) is 5.16. The Balaban J connectivity index is 2.37. The fraction of sp³-hybridized carbons (Fsp3) is 0.375. The van der Waals surface area contributed by atoms with Crippen LogP contribution in [0.2, 0.25) is 0 Å². The Hall–Kier alpha value is -2.34. The molecule has 1 heterocycles. The first-order valence-electron chi connectivity index (χ1n) is 7.26. The number of carboxylic acids is 1. The van der Waals surface area contributed by atoms with Crippen molar-refractivity contribution in [2.45, 2.75) is 6.42 Å². The van der Waals surface area contributed by atoms with Crippen molar-refractivity contribution in [1.82, 2.24) is 4.98 Å². The smallest absolute Gasteiger partial charge is 0.339 e. The van der Waals surface area contributed by atoms with Crippen LogP contribution in [-0.4, -0.2) is 50.4 Å². The van der Waals surface area contributed by atoms with Crippen molar-refractivity contribution in [2.75, 3.05) is 39.6 Å². The van der Waals surface area contributed by atoms with Gasteiger partial charge in [0, 0.05) is 24.5 Å². The lowest BCUT2D eigenvalue weighted by Crippen LogP contribution is -3.05. The van der Waals surface area contributed by atoms with Crippen molar-refractivity contribution in [3.05, 3.63) is 30.0 Å². The van der Waals surface area contributed by atoms with Gasteiger partial charge in [0.2, 0.25) is 0 Å². The van der Waals surface area contributed by atoms with Gasteiger partial charge < -0.3 is 20.1 Å². The normalized spacial score (nSPS) is 10.9. The molecule has 118 valence electrons. The van der Waals surface area contributed by atoms with E-state index in [2.05, 4.69) is 24.4 Å². The second kappa shape index (κ2) is 7.09. The van der Waals surface area contributed by atoms with Gasteiger partial charge in [0.05, 0.1) is 39.0 Å². The molecule has 0 aliphatic heterocycles. The topological polar surface area (TPSA) is 75.9 Å². The molecule has 0 unspecified atom stereocenters. The van der Waals surface area contributed by atoms with Gasteiger partial charge in [-0.1, -0.05) is 0 Å². The summed E-state index contributed by atoms with van der Waals surface area (Å²) in [5.74, 6) is -0.310. The molecule has 1 aromatic carbocycles. The van der Waals surface area contributed by atoms with Crippen LogP contribution in [0.1, 0.15) is 16.8 Å². The number of aromatic carboxylic acids is 1. The maximum atomic E-state index is 11.4. The summed E-state index contributed by atoms with van der Waals surface area (Å²) in [6.07, 6.45) is 2.35. The average Bonchev–Trinajstić information content (AvgIpc) is 2.50. The van der Waals surface area contributed by atoms with Crippen molar-refractivity contribution in [3.8, 4) is 5.75 Å². The summed E-state index contributed by atoms with van der Waals surface area (Å²) in [5.41, 5.74) is 1.52. The van der Waals surface area contributed by atoms with Gasteiger partial charge in [0.25, 0.3) is 0 Å². The summed E-state index contributed by atoms with van der Waals surface area (Å²) in [7, 11) is 5.77. The van der Waals surface area contributed by atoms with Crippen LogP contribution >= 0.6 is 0 Å². The molecule has 0 bridgehead atoms. The lowest BCUT2D eigenvalue weighted by molar-refractivity contribution is -0.858. The standard InChI is InChI=1S/C16H21N3O3/c1-19(2)8-4-7-17-15-12-9-11(22-3)5-6-14(12)18-10-13(15)16(20)21/h5-6,9-10H,4,7-8H2,1-3H3,(H,17,18)(H,20,21)/p+1. The zero-order chi connectivity index (χ0) is 16.1. The third-order valence-electron chi connectivity index (χ3n) is 3.46. The number of quaternary nitrogens is 1. The summed E-state index contributed by atoms with van der Waals surface area (Å²) in [5, 5.41) is 13.4. The maximum absolute atomic E-state index is 11.4. The fourth-order valence-corrected chi connectivity index (χ4v) is 2.31. The highest BCUT2D eigenvalue weighted by atomic mass is 16.5. The number of ether oxygens (including phenoxy) is 1. The maximum Gasteiger partial charge on any atom is 0.339 e. The first kappa shape index (κ1) is 16.0. The van der Waals surface area contributed by atoms with Gasteiger partial charge in [-0.25, -0.2) is 4.79 Å². The zero-order valence-electron chi connectivity index (χ0n) is 13.1. The van der Waals surface area contributed by atoms with E-state index in [-0.39, 0.29) is 5.56 Å². The molecule has 2 rings (SSSR count). The quantitative estimate of drug-likeness (QED) is 0.662. The predicted octanol–water partition coefficient (Wildman–Crippen LogP) is 0.888. The minimum absolute atomic E-state index is 0.179. The molecular weight excluding hydrogens is 282 g/mol. The number of hydrogen-bond donors (Lipinski definition) is 3. The first-order valence-corrected chi connectivity index (χ1v) is 7.26. The number of carbonyl (C=O) groups is 1. The second-order valence-corrected chi connectivity index (χ2v) is 5.47. The van der Waals surface area contributed by atoms with Crippen LogP contribution in [-0.2, 0) is 0 Å². The largest absolute Gasteiger partial charge is 0.497 e. The summed E-state index contributed by atoms with van der Waals surface area (Å²) in [4.78, 5) is 17.0. The minimum atomic E-state index is -0.988.